The van der Waals surface area contributed by atoms with Gasteiger partial charge in [0.25, 0.3) is 0 Å². The average molecular weight is 368 g/mol. The molecule has 1 rings (SSSR count). The van der Waals surface area contributed by atoms with Gasteiger partial charge in [0, 0.05) is 11.6 Å². The highest BCUT2D eigenvalue weighted by Gasteiger charge is 2.20. The van der Waals surface area contributed by atoms with Crippen LogP contribution in [0.3, 0.4) is 0 Å². The van der Waals surface area contributed by atoms with Crippen LogP contribution in [0.1, 0.15) is 47.0 Å². The lowest BCUT2D eigenvalue weighted by molar-refractivity contribution is 0.242. The SMILES string of the molecule is CCC(CN=C(N)NC(C)(C)C)N1CCCC1.I. The Morgan fingerprint density at radius 2 is 1.89 bits per heavy atom. The van der Waals surface area contributed by atoms with Crippen molar-refractivity contribution in [3.63, 3.8) is 0 Å². The topological polar surface area (TPSA) is 53.6 Å². The van der Waals surface area contributed by atoms with Crippen LogP contribution in [0, 0.1) is 0 Å². The number of guanidine groups is 1. The molecule has 0 bridgehead atoms. The van der Waals surface area contributed by atoms with Crippen molar-refractivity contribution >= 4 is 29.9 Å². The van der Waals surface area contributed by atoms with Crippen molar-refractivity contribution in [1.29, 1.82) is 0 Å². The van der Waals surface area contributed by atoms with Gasteiger partial charge < -0.3 is 11.1 Å². The summed E-state index contributed by atoms with van der Waals surface area (Å²) in [5.41, 5.74) is 5.87. The summed E-state index contributed by atoms with van der Waals surface area (Å²) in [6, 6.07) is 0.554. The Kier molecular flexibility index (Phi) is 8.18. The summed E-state index contributed by atoms with van der Waals surface area (Å²) in [6.07, 6.45) is 3.80. The van der Waals surface area contributed by atoms with Gasteiger partial charge in [0.1, 0.15) is 0 Å². The molecule has 1 saturated heterocycles. The quantitative estimate of drug-likeness (QED) is 0.454. The standard InChI is InChI=1S/C13H28N4.HI/c1-5-11(17-8-6-7-9-17)10-15-12(14)16-13(2,3)4;/h11H,5-10H2,1-4H3,(H3,14,15,16);1H. The minimum absolute atomic E-state index is 0. The Morgan fingerprint density at radius 3 is 2.33 bits per heavy atom. The number of halogens is 1. The maximum Gasteiger partial charge on any atom is 0.189 e. The van der Waals surface area contributed by atoms with Gasteiger partial charge in [-0.25, -0.2) is 0 Å². The second-order valence-electron chi connectivity index (χ2n) is 5.91. The fourth-order valence-electron chi connectivity index (χ4n) is 2.24. The summed E-state index contributed by atoms with van der Waals surface area (Å²) in [6.45, 7) is 11.8. The summed E-state index contributed by atoms with van der Waals surface area (Å²) < 4.78 is 0. The van der Waals surface area contributed by atoms with Gasteiger partial charge in [0.05, 0.1) is 6.54 Å². The molecule has 18 heavy (non-hydrogen) atoms. The number of rotatable bonds is 4. The third kappa shape index (κ3) is 6.78. The van der Waals surface area contributed by atoms with E-state index in [1.165, 1.54) is 25.9 Å². The Bertz CT molecular complexity index is 254. The monoisotopic (exact) mass is 368 g/mol. The van der Waals surface area contributed by atoms with Gasteiger partial charge >= 0.3 is 0 Å². The molecule has 5 heteroatoms. The van der Waals surface area contributed by atoms with Crippen LogP contribution in [0.5, 0.6) is 0 Å². The fourth-order valence-corrected chi connectivity index (χ4v) is 2.24. The van der Waals surface area contributed by atoms with Crippen LogP contribution in [0.25, 0.3) is 0 Å². The van der Waals surface area contributed by atoms with Crippen molar-refractivity contribution in [3.8, 4) is 0 Å². The van der Waals surface area contributed by atoms with E-state index in [0.29, 0.717) is 12.0 Å². The Labute approximate surface area is 129 Å². The zero-order valence-electron chi connectivity index (χ0n) is 12.2. The number of hydrogen-bond donors (Lipinski definition) is 2. The Morgan fingerprint density at radius 1 is 1.33 bits per heavy atom. The molecule has 4 nitrogen and oxygen atoms in total. The molecule has 108 valence electrons. The van der Waals surface area contributed by atoms with E-state index in [1.54, 1.807) is 0 Å². The fraction of sp³-hybridized carbons (Fsp3) is 0.923. The largest absolute Gasteiger partial charge is 0.370 e. The number of hydrogen-bond acceptors (Lipinski definition) is 2. The Hall–Kier alpha value is -0.0400. The van der Waals surface area contributed by atoms with Gasteiger partial charge in [-0.05, 0) is 53.1 Å². The highest BCUT2D eigenvalue weighted by molar-refractivity contribution is 14.0. The van der Waals surface area contributed by atoms with E-state index in [9.17, 15) is 0 Å². The van der Waals surface area contributed by atoms with Crippen LogP contribution in [-0.2, 0) is 0 Å². The summed E-state index contributed by atoms with van der Waals surface area (Å²) in [5, 5.41) is 3.20. The third-order valence-corrected chi connectivity index (χ3v) is 3.10. The van der Waals surface area contributed by atoms with Crippen LogP contribution in [0.4, 0.5) is 0 Å². The van der Waals surface area contributed by atoms with Crippen molar-refractivity contribution in [1.82, 2.24) is 10.2 Å². The first-order valence-electron chi connectivity index (χ1n) is 6.74. The summed E-state index contributed by atoms with van der Waals surface area (Å²) in [5.74, 6) is 0.565. The molecule has 0 spiro atoms. The van der Waals surface area contributed by atoms with Gasteiger partial charge in [-0.15, -0.1) is 24.0 Å². The molecule has 1 unspecified atom stereocenters. The van der Waals surface area contributed by atoms with Crippen LogP contribution in [-0.4, -0.2) is 42.1 Å². The van der Waals surface area contributed by atoms with Crippen molar-refractivity contribution < 1.29 is 0 Å². The smallest absolute Gasteiger partial charge is 0.189 e. The van der Waals surface area contributed by atoms with E-state index in [-0.39, 0.29) is 29.5 Å². The minimum Gasteiger partial charge on any atom is -0.370 e. The first kappa shape index (κ1) is 18.0. The average Bonchev–Trinajstić information content (AvgIpc) is 2.69. The van der Waals surface area contributed by atoms with Crippen molar-refractivity contribution in [2.75, 3.05) is 19.6 Å². The second kappa shape index (κ2) is 8.19. The van der Waals surface area contributed by atoms with Crippen LogP contribution < -0.4 is 11.1 Å². The molecular formula is C13H29IN4. The molecule has 1 aliphatic rings. The molecular weight excluding hydrogens is 339 g/mol. The molecule has 1 fully saturated rings. The molecule has 0 amide bonds. The second-order valence-corrected chi connectivity index (χ2v) is 5.91. The van der Waals surface area contributed by atoms with Crippen LogP contribution in [0.2, 0.25) is 0 Å². The first-order valence-corrected chi connectivity index (χ1v) is 6.74. The van der Waals surface area contributed by atoms with E-state index >= 15 is 0 Å². The van der Waals surface area contributed by atoms with Crippen LogP contribution >= 0.6 is 24.0 Å². The summed E-state index contributed by atoms with van der Waals surface area (Å²) >= 11 is 0. The maximum atomic E-state index is 5.88. The number of likely N-dealkylation sites (tertiary alicyclic amines) is 1. The minimum atomic E-state index is -0.0110. The summed E-state index contributed by atoms with van der Waals surface area (Å²) in [7, 11) is 0. The molecule has 1 atom stereocenters. The molecule has 0 aromatic carbocycles. The molecule has 1 aliphatic heterocycles. The van der Waals surface area contributed by atoms with E-state index in [4.69, 9.17) is 5.73 Å². The molecule has 1 heterocycles. The van der Waals surface area contributed by atoms with Gasteiger partial charge in [0.15, 0.2) is 5.96 Å². The highest BCUT2D eigenvalue weighted by atomic mass is 127. The van der Waals surface area contributed by atoms with Gasteiger partial charge in [-0.1, -0.05) is 6.92 Å². The predicted octanol–water partition coefficient (Wildman–Crippen LogP) is 2.18. The molecule has 0 saturated carbocycles. The number of nitrogens with two attached hydrogens (primary N) is 1. The summed E-state index contributed by atoms with van der Waals surface area (Å²) in [4.78, 5) is 7.00. The van der Waals surface area contributed by atoms with Crippen molar-refractivity contribution in [3.05, 3.63) is 0 Å². The van der Waals surface area contributed by atoms with Gasteiger partial charge in [-0.2, -0.15) is 0 Å². The zero-order valence-corrected chi connectivity index (χ0v) is 14.5. The third-order valence-electron chi connectivity index (χ3n) is 3.10. The number of nitrogens with one attached hydrogen (secondary N) is 1. The molecule has 0 aromatic heterocycles. The van der Waals surface area contributed by atoms with E-state index in [1.807, 2.05) is 0 Å². The lowest BCUT2D eigenvalue weighted by Gasteiger charge is -2.26. The Balaban J connectivity index is 0.00000289. The zero-order chi connectivity index (χ0) is 12.9. The molecule has 0 aromatic rings. The lowest BCUT2D eigenvalue weighted by atomic mass is 10.1. The molecule has 0 aliphatic carbocycles. The first-order chi connectivity index (χ1) is 7.92. The maximum absolute atomic E-state index is 5.88. The van der Waals surface area contributed by atoms with Crippen molar-refractivity contribution in [2.45, 2.75) is 58.5 Å². The predicted molar refractivity (Wildman–Crippen MR) is 89.7 cm³/mol. The number of nitrogens with zero attached hydrogens (tertiary/aromatic N) is 2. The highest BCUT2D eigenvalue weighted by Crippen LogP contribution is 2.14. The van der Waals surface area contributed by atoms with Gasteiger partial charge in [0.2, 0.25) is 0 Å². The lowest BCUT2D eigenvalue weighted by Crippen LogP contribution is -2.45. The van der Waals surface area contributed by atoms with E-state index < -0.39 is 0 Å². The molecule has 3 N–H and O–H groups in total. The number of aliphatic imine (C=N–C) groups is 1. The van der Waals surface area contributed by atoms with E-state index in [2.05, 4.69) is 42.9 Å². The normalized spacial score (nSPS) is 19.4. The van der Waals surface area contributed by atoms with Gasteiger partial charge in [-0.3, -0.25) is 9.89 Å². The van der Waals surface area contributed by atoms with Crippen molar-refractivity contribution in [2.24, 2.45) is 10.7 Å². The molecule has 0 radical (unpaired) electrons. The van der Waals surface area contributed by atoms with E-state index in [0.717, 1.165) is 13.0 Å². The van der Waals surface area contributed by atoms with Crippen LogP contribution in [0.15, 0.2) is 4.99 Å².